The van der Waals surface area contributed by atoms with Crippen molar-refractivity contribution in [3.8, 4) is 0 Å². The molecule has 1 aromatic heterocycles. The first-order chi connectivity index (χ1) is 12.1. The van der Waals surface area contributed by atoms with Crippen LogP contribution in [0.4, 0.5) is 5.69 Å². The topological polar surface area (TPSA) is 68.8 Å². The molecule has 7 nitrogen and oxygen atoms in total. The number of hydrogen-bond donors (Lipinski definition) is 1. The highest BCUT2D eigenvalue weighted by atomic mass is 35.5. The highest BCUT2D eigenvalue weighted by Gasteiger charge is 2.30. The second kappa shape index (κ2) is 13.1. The molecule has 28 heavy (non-hydrogen) atoms. The molecule has 0 aromatic carbocycles. The number of sulfonamides is 1. The molecular weight excluding hydrogens is 445 g/mol. The second-order valence-electron chi connectivity index (χ2n) is 6.69. The van der Waals surface area contributed by atoms with Crippen molar-refractivity contribution < 1.29 is 8.42 Å². The number of hydrazine groups is 1. The van der Waals surface area contributed by atoms with E-state index in [4.69, 9.17) is 0 Å². The van der Waals surface area contributed by atoms with Gasteiger partial charge >= 0.3 is 0 Å². The molecular formula is C17H32Cl3N5O2S. The van der Waals surface area contributed by atoms with E-state index in [0.29, 0.717) is 18.0 Å². The summed E-state index contributed by atoms with van der Waals surface area (Å²) in [4.78, 5) is 6.62. The minimum atomic E-state index is -3.47. The van der Waals surface area contributed by atoms with E-state index in [1.54, 1.807) is 10.5 Å². The van der Waals surface area contributed by atoms with Crippen LogP contribution < -0.4 is 10.3 Å². The van der Waals surface area contributed by atoms with Gasteiger partial charge < -0.3 is 4.90 Å². The number of nitrogens with one attached hydrogen (secondary N) is 1. The number of piperidine rings is 1. The lowest BCUT2D eigenvalue weighted by Crippen LogP contribution is -2.52. The number of nitrogens with zero attached hydrogens (tertiary/aromatic N) is 4. The second-order valence-corrected chi connectivity index (χ2v) is 8.60. The largest absolute Gasteiger partial charge is 0.368 e. The summed E-state index contributed by atoms with van der Waals surface area (Å²) in [6, 6.07) is 1.84. The fourth-order valence-corrected chi connectivity index (χ4v) is 5.12. The smallest absolute Gasteiger partial charge is 0.246 e. The Hall–Kier alpha value is -0.350. The van der Waals surface area contributed by atoms with Crippen LogP contribution in [0.3, 0.4) is 0 Å². The molecule has 1 aromatic rings. The molecule has 0 saturated carbocycles. The predicted molar refractivity (Wildman–Crippen MR) is 121 cm³/mol. The fourth-order valence-electron chi connectivity index (χ4n) is 3.45. The number of halogens is 3. The maximum Gasteiger partial charge on any atom is 0.246 e. The van der Waals surface area contributed by atoms with Crippen LogP contribution in [-0.2, 0) is 10.0 Å². The third-order valence-corrected chi connectivity index (χ3v) is 6.82. The van der Waals surface area contributed by atoms with E-state index in [1.165, 1.54) is 6.20 Å². The zero-order valence-electron chi connectivity index (χ0n) is 16.2. The van der Waals surface area contributed by atoms with Gasteiger partial charge in [-0.15, -0.1) is 37.2 Å². The van der Waals surface area contributed by atoms with Gasteiger partial charge in [0.25, 0.3) is 0 Å². The summed E-state index contributed by atoms with van der Waals surface area (Å²) in [5.41, 5.74) is 4.20. The first-order valence-electron chi connectivity index (χ1n) is 9.30. The summed E-state index contributed by atoms with van der Waals surface area (Å²) in [5.74, 6) is 0. The molecule has 0 amide bonds. The normalized spacial score (nSPS) is 18.5. The molecule has 0 radical (unpaired) electrons. The van der Waals surface area contributed by atoms with Crippen LogP contribution in [0.15, 0.2) is 23.4 Å². The molecule has 3 rings (SSSR count). The molecule has 0 spiro atoms. The van der Waals surface area contributed by atoms with E-state index in [2.05, 4.69) is 27.2 Å². The van der Waals surface area contributed by atoms with Crippen LogP contribution in [0.2, 0.25) is 0 Å². The van der Waals surface area contributed by atoms with Crippen molar-refractivity contribution >= 4 is 52.9 Å². The molecule has 0 aliphatic carbocycles. The Morgan fingerprint density at radius 1 is 1.00 bits per heavy atom. The van der Waals surface area contributed by atoms with Gasteiger partial charge in [0.05, 0.1) is 5.69 Å². The van der Waals surface area contributed by atoms with Crippen LogP contribution in [0.5, 0.6) is 0 Å². The van der Waals surface area contributed by atoms with Gasteiger partial charge in [-0.05, 0) is 25.3 Å². The third-order valence-electron chi connectivity index (χ3n) is 4.90. The first kappa shape index (κ1) is 27.6. The minimum Gasteiger partial charge on any atom is -0.368 e. The van der Waals surface area contributed by atoms with Gasteiger partial charge in [-0.3, -0.25) is 10.4 Å². The van der Waals surface area contributed by atoms with Gasteiger partial charge in [0.15, 0.2) is 0 Å². The standard InChI is InChI=1S/C17H29N5O2S.3ClH/c1-2-7-19-21-13-11-20(12-14-21)16-6-8-18-15-17(16)25(23,24)22-9-4-3-5-10-22;;;/h6,8,15,19H,2-5,7,9-14H2,1H3;3*1H. The Bertz CT molecular complexity index is 667. The maximum absolute atomic E-state index is 13.1. The predicted octanol–water partition coefficient (Wildman–Crippen LogP) is 2.56. The molecule has 3 heterocycles. The van der Waals surface area contributed by atoms with Crippen molar-refractivity contribution in [2.75, 3.05) is 50.7 Å². The van der Waals surface area contributed by atoms with Crippen molar-refractivity contribution in [2.24, 2.45) is 0 Å². The summed E-state index contributed by atoms with van der Waals surface area (Å²) in [6.45, 7) is 7.74. The van der Waals surface area contributed by atoms with Crippen LogP contribution in [0, 0.1) is 0 Å². The Balaban J connectivity index is 0.00000243. The molecule has 2 aliphatic heterocycles. The molecule has 0 unspecified atom stereocenters. The molecule has 0 bridgehead atoms. The van der Waals surface area contributed by atoms with Crippen molar-refractivity contribution in [3.05, 3.63) is 18.5 Å². The lowest BCUT2D eigenvalue weighted by atomic mass is 10.2. The van der Waals surface area contributed by atoms with Gasteiger partial charge in [-0.2, -0.15) is 4.31 Å². The van der Waals surface area contributed by atoms with E-state index in [-0.39, 0.29) is 37.2 Å². The number of rotatable bonds is 6. The average molecular weight is 477 g/mol. The number of anilines is 1. The van der Waals surface area contributed by atoms with Crippen LogP contribution >= 0.6 is 37.2 Å². The fraction of sp³-hybridized carbons (Fsp3) is 0.706. The van der Waals surface area contributed by atoms with Crippen molar-refractivity contribution in [3.63, 3.8) is 0 Å². The summed E-state index contributed by atoms with van der Waals surface area (Å²) in [6.07, 6.45) is 7.29. The zero-order valence-corrected chi connectivity index (χ0v) is 19.5. The number of hydrogen-bond acceptors (Lipinski definition) is 6. The Morgan fingerprint density at radius 2 is 1.64 bits per heavy atom. The number of aromatic nitrogens is 1. The SMILES string of the molecule is CCCNN1CCN(c2ccncc2S(=O)(=O)N2CCCCC2)CC1.Cl.Cl.Cl. The minimum absolute atomic E-state index is 0. The first-order valence-corrected chi connectivity index (χ1v) is 10.7. The Labute approximate surface area is 187 Å². The van der Waals surface area contributed by atoms with E-state index in [0.717, 1.165) is 64.1 Å². The highest BCUT2D eigenvalue weighted by molar-refractivity contribution is 7.89. The molecule has 2 aliphatic rings. The molecule has 2 fully saturated rings. The zero-order chi connectivity index (χ0) is 17.7. The Kier molecular flexibility index (Phi) is 12.9. The lowest BCUT2D eigenvalue weighted by molar-refractivity contribution is 0.177. The van der Waals surface area contributed by atoms with Gasteiger partial charge in [0.2, 0.25) is 10.0 Å². The van der Waals surface area contributed by atoms with Crippen molar-refractivity contribution in [2.45, 2.75) is 37.5 Å². The van der Waals surface area contributed by atoms with Gasteiger partial charge in [0.1, 0.15) is 4.90 Å². The summed E-state index contributed by atoms with van der Waals surface area (Å²) < 4.78 is 27.8. The quantitative estimate of drug-likeness (QED) is 0.680. The van der Waals surface area contributed by atoms with Gasteiger partial charge in [-0.1, -0.05) is 13.3 Å². The molecule has 11 heteroatoms. The van der Waals surface area contributed by atoms with E-state index in [9.17, 15) is 8.42 Å². The molecule has 1 N–H and O–H groups in total. The van der Waals surface area contributed by atoms with Crippen molar-refractivity contribution in [1.29, 1.82) is 0 Å². The van der Waals surface area contributed by atoms with Crippen LogP contribution in [0.1, 0.15) is 32.6 Å². The average Bonchev–Trinajstić information content (AvgIpc) is 2.67. The van der Waals surface area contributed by atoms with E-state index in [1.807, 2.05) is 6.07 Å². The molecule has 164 valence electrons. The maximum atomic E-state index is 13.1. The number of pyridine rings is 1. The lowest BCUT2D eigenvalue weighted by Gasteiger charge is -2.37. The number of piperazine rings is 1. The van der Waals surface area contributed by atoms with Gasteiger partial charge in [0, 0.05) is 58.2 Å². The van der Waals surface area contributed by atoms with E-state index >= 15 is 0 Å². The van der Waals surface area contributed by atoms with Crippen LogP contribution in [-0.4, -0.2) is 68.5 Å². The summed E-state index contributed by atoms with van der Waals surface area (Å²) >= 11 is 0. The van der Waals surface area contributed by atoms with Gasteiger partial charge in [-0.25, -0.2) is 13.4 Å². The summed E-state index contributed by atoms with van der Waals surface area (Å²) in [7, 11) is -3.47. The Morgan fingerprint density at radius 3 is 2.25 bits per heavy atom. The summed E-state index contributed by atoms with van der Waals surface area (Å²) in [5, 5.41) is 2.22. The van der Waals surface area contributed by atoms with Crippen molar-refractivity contribution in [1.82, 2.24) is 19.7 Å². The third kappa shape index (κ3) is 6.58. The highest BCUT2D eigenvalue weighted by Crippen LogP contribution is 2.29. The molecule has 2 saturated heterocycles. The van der Waals surface area contributed by atoms with Crippen LogP contribution in [0.25, 0.3) is 0 Å². The molecule has 0 atom stereocenters. The monoisotopic (exact) mass is 475 g/mol. The van der Waals surface area contributed by atoms with E-state index < -0.39 is 10.0 Å².